The van der Waals surface area contributed by atoms with Crippen molar-refractivity contribution >= 4 is 28.8 Å². The summed E-state index contributed by atoms with van der Waals surface area (Å²) in [5, 5.41) is 3.36. The molecule has 4 nitrogen and oxygen atoms in total. The Balaban J connectivity index is 1.86. The first-order valence-electron chi connectivity index (χ1n) is 5.72. The number of hydrogen-bond acceptors (Lipinski definition) is 2. The van der Waals surface area contributed by atoms with Crippen LogP contribution in [0.4, 0.5) is 5.69 Å². The van der Waals surface area contributed by atoms with Gasteiger partial charge >= 0.3 is 0 Å². The van der Waals surface area contributed by atoms with Crippen LogP contribution < -0.4 is 5.32 Å². The second-order valence-electron chi connectivity index (χ2n) is 4.07. The van der Waals surface area contributed by atoms with E-state index < -0.39 is 0 Å². The van der Waals surface area contributed by atoms with Crippen LogP contribution in [-0.2, 0) is 0 Å². The summed E-state index contributed by atoms with van der Waals surface area (Å²) >= 11 is 5.86. The number of halogens is 1. The first kappa shape index (κ1) is 11.7. The van der Waals surface area contributed by atoms with Gasteiger partial charge in [-0.3, -0.25) is 4.79 Å². The van der Waals surface area contributed by atoms with Gasteiger partial charge in [-0.1, -0.05) is 17.7 Å². The zero-order valence-corrected chi connectivity index (χ0v) is 10.6. The normalized spacial score (nSPS) is 10.6. The first-order chi connectivity index (χ1) is 9.22. The minimum absolute atomic E-state index is 0.193. The van der Waals surface area contributed by atoms with Crippen LogP contribution >= 0.6 is 11.6 Å². The van der Waals surface area contributed by atoms with E-state index in [0.717, 1.165) is 5.65 Å². The molecule has 2 aromatic heterocycles. The van der Waals surface area contributed by atoms with Crippen LogP contribution in [0.25, 0.3) is 5.65 Å². The highest BCUT2D eigenvalue weighted by molar-refractivity contribution is 6.31. The van der Waals surface area contributed by atoms with E-state index in [9.17, 15) is 4.79 Å². The molecule has 1 amide bonds. The Morgan fingerprint density at radius 1 is 1.26 bits per heavy atom. The van der Waals surface area contributed by atoms with E-state index in [2.05, 4.69) is 10.3 Å². The van der Waals surface area contributed by atoms with Crippen molar-refractivity contribution in [1.82, 2.24) is 9.38 Å². The zero-order chi connectivity index (χ0) is 13.2. The third-order valence-electron chi connectivity index (χ3n) is 2.73. The van der Waals surface area contributed by atoms with E-state index in [1.807, 2.05) is 28.9 Å². The van der Waals surface area contributed by atoms with Crippen molar-refractivity contribution in [2.24, 2.45) is 0 Å². The summed E-state index contributed by atoms with van der Waals surface area (Å²) in [5.74, 6) is -0.193. The summed E-state index contributed by atoms with van der Waals surface area (Å²) in [6.45, 7) is 0. The van der Waals surface area contributed by atoms with Crippen LogP contribution in [-0.4, -0.2) is 15.3 Å². The summed E-state index contributed by atoms with van der Waals surface area (Å²) in [6, 6.07) is 10.5. The molecule has 94 valence electrons. The molecule has 5 heteroatoms. The SMILES string of the molecule is O=C(Nc1ccc2nccn2c1)c1cccc(Cl)c1. The fourth-order valence-corrected chi connectivity index (χ4v) is 2.02. The molecular weight excluding hydrogens is 262 g/mol. The maximum atomic E-state index is 12.0. The van der Waals surface area contributed by atoms with Crippen LogP contribution in [0.1, 0.15) is 10.4 Å². The molecule has 0 aliphatic rings. The summed E-state index contributed by atoms with van der Waals surface area (Å²) in [5.41, 5.74) is 2.06. The molecule has 0 fully saturated rings. The summed E-state index contributed by atoms with van der Waals surface area (Å²) < 4.78 is 1.84. The predicted molar refractivity (Wildman–Crippen MR) is 74.6 cm³/mol. The molecule has 0 aliphatic carbocycles. The maximum absolute atomic E-state index is 12.0. The van der Waals surface area contributed by atoms with Gasteiger partial charge in [-0.25, -0.2) is 4.98 Å². The molecule has 1 N–H and O–H groups in total. The third kappa shape index (κ3) is 2.44. The number of rotatable bonds is 2. The van der Waals surface area contributed by atoms with Gasteiger partial charge < -0.3 is 9.72 Å². The van der Waals surface area contributed by atoms with Crippen molar-refractivity contribution in [2.75, 3.05) is 5.32 Å². The zero-order valence-electron chi connectivity index (χ0n) is 9.88. The number of pyridine rings is 1. The molecule has 0 unspecified atom stereocenters. The van der Waals surface area contributed by atoms with Crippen molar-refractivity contribution in [3.8, 4) is 0 Å². The highest BCUT2D eigenvalue weighted by Crippen LogP contribution is 2.14. The Bertz CT molecular complexity index is 751. The molecule has 0 saturated heterocycles. The number of imidazole rings is 1. The number of carbonyl (C=O) groups excluding carboxylic acids is 1. The molecule has 2 heterocycles. The second kappa shape index (κ2) is 4.74. The highest BCUT2D eigenvalue weighted by atomic mass is 35.5. The predicted octanol–water partition coefficient (Wildman–Crippen LogP) is 3.24. The lowest BCUT2D eigenvalue weighted by Gasteiger charge is -2.06. The van der Waals surface area contributed by atoms with Crippen LogP contribution in [0.3, 0.4) is 0 Å². The van der Waals surface area contributed by atoms with Gasteiger partial charge in [0, 0.05) is 29.2 Å². The Morgan fingerprint density at radius 2 is 2.16 bits per heavy atom. The van der Waals surface area contributed by atoms with Gasteiger partial charge in [0.2, 0.25) is 0 Å². The second-order valence-corrected chi connectivity index (χ2v) is 4.51. The Kier molecular flexibility index (Phi) is 2.93. The smallest absolute Gasteiger partial charge is 0.255 e. The number of amides is 1. The quantitative estimate of drug-likeness (QED) is 0.778. The van der Waals surface area contributed by atoms with Crippen molar-refractivity contribution in [3.05, 3.63) is 65.6 Å². The van der Waals surface area contributed by atoms with Crippen molar-refractivity contribution in [3.63, 3.8) is 0 Å². The molecule has 3 aromatic rings. The topological polar surface area (TPSA) is 46.4 Å². The van der Waals surface area contributed by atoms with Crippen molar-refractivity contribution in [1.29, 1.82) is 0 Å². The number of anilines is 1. The molecule has 0 atom stereocenters. The van der Waals surface area contributed by atoms with Gasteiger partial charge in [-0.2, -0.15) is 0 Å². The van der Waals surface area contributed by atoms with E-state index in [-0.39, 0.29) is 5.91 Å². The van der Waals surface area contributed by atoms with Crippen LogP contribution in [0.15, 0.2) is 55.0 Å². The molecule has 0 spiro atoms. The Hall–Kier alpha value is -2.33. The average molecular weight is 272 g/mol. The van der Waals surface area contributed by atoms with Gasteiger partial charge in [0.05, 0.1) is 5.69 Å². The molecule has 3 rings (SSSR count). The highest BCUT2D eigenvalue weighted by Gasteiger charge is 2.06. The number of aromatic nitrogens is 2. The number of benzene rings is 1. The van der Waals surface area contributed by atoms with Crippen LogP contribution in [0.2, 0.25) is 5.02 Å². The summed E-state index contributed by atoms with van der Waals surface area (Å²) in [6.07, 6.45) is 5.34. The van der Waals surface area contributed by atoms with Gasteiger partial charge in [-0.15, -0.1) is 0 Å². The fourth-order valence-electron chi connectivity index (χ4n) is 1.83. The molecule has 0 bridgehead atoms. The number of nitrogens with zero attached hydrogens (tertiary/aromatic N) is 2. The van der Waals surface area contributed by atoms with E-state index in [4.69, 9.17) is 11.6 Å². The maximum Gasteiger partial charge on any atom is 0.255 e. The molecule has 19 heavy (non-hydrogen) atoms. The van der Waals surface area contributed by atoms with Crippen LogP contribution in [0.5, 0.6) is 0 Å². The van der Waals surface area contributed by atoms with Gasteiger partial charge in [0.25, 0.3) is 5.91 Å². The largest absolute Gasteiger partial charge is 0.321 e. The van der Waals surface area contributed by atoms with Gasteiger partial charge in [0.15, 0.2) is 0 Å². The third-order valence-corrected chi connectivity index (χ3v) is 2.97. The van der Waals surface area contributed by atoms with Gasteiger partial charge in [0.1, 0.15) is 5.65 Å². The summed E-state index contributed by atoms with van der Waals surface area (Å²) in [7, 11) is 0. The lowest BCUT2D eigenvalue weighted by molar-refractivity contribution is 0.102. The number of fused-ring (bicyclic) bond motifs is 1. The van der Waals surface area contributed by atoms with Crippen LogP contribution in [0, 0.1) is 0 Å². The fraction of sp³-hybridized carbons (Fsp3) is 0. The van der Waals surface area contributed by atoms with Crippen molar-refractivity contribution < 1.29 is 4.79 Å². The molecule has 1 aromatic carbocycles. The minimum atomic E-state index is -0.193. The van der Waals surface area contributed by atoms with E-state index >= 15 is 0 Å². The number of nitrogens with one attached hydrogen (secondary N) is 1. The van der Waals surface area contributed by atoms with E-state index in [1.165, 1.54) is 0 Å². The van der Waals surface area contributed by atoms with Crippen molar-refractivity contribution in [2.45, 2.75) is 0 Å². The Labute approximate surface area is 114 Å². The van der Waals surface area contributed by atoms with E-state index in [1.54, 1.807) is 30.5 Å². The Morgan fingerprint density at radius 3 is 3.00 bits per heavy atom. The molecular formula is C14H10ClN3O. The van der Waals surface area contributed by atoms with Gasteiger partial charge in [-0.05, 0) is 30.3 Å². The standard InChI is InChI=1S/C14H10ClN3O/c15-11-3-1-2-10(8-11)14(19)17-12-4-5-13-16-6-7-18(13)9-12/h1-9H,(H,17,19). The number of hydrogen-bond donors (Lipinski definition) is 1. The number of carbonyl (C=O) groups is 1. The van der Waals surface area contributed by atoms with E-state index in [0.29, 0.717) is 16.3 Å². The molecule has 0 aliphatic heterocycles. The lowest BCUT2D eigenvalue weighted by atomic mass is 10.2. The first-order valence-corrected chi connectivity index (χ1v) is 6.10. The molecule has 0 saturated carbocycles. The molecule has 0 radical (unpaired) electrons. The lowest BCUT2D eigenvalue weighted by Crippen LogP contribution is -2.12. The monoisotopic (exact) mass is 271 g/mol. The minimum Gasteiger partial charge on any atom is -0.321 e. The average Bonchev–Trinajstić information content (AvgIpc) is 2.86. The summed E-state index contributed by atoms with van der Waals surface area (Å²) in [4.78, 5) is 16.2.